The maximum atomic E-state index is 9.72. The summed E-state index contributed by atoms with van der Waals surface area (Å²) in [7, 11) is 0. The molecule has 1 atom stereocenters. The van der Waals surface area contributed by atoms with E-state index in [1.807, 2.05) is 19.1 Å². The Hall–Kier alpha value is -0.670. The Morgan fingerprint density at radius 3 is 3.00 bits per heavy atom. The average Bonchev–Trinajstić information content (AvgIpc) is 2.03. The molecule has 0 aliphatic carbocycles. The molecule has 0 amide bonds. The van der Waals surface area contributed by atoms with Crippen molar-refractivity contribution in [3.8, 4) is 0 Å². The summed E-state index contributed by atoms with van der Waals surface area (Å²) >= 11 is 3.33. The van der Waals surface area contributed by atoms with Crippen LogP contribution in [0.3, 0.4) is 0 Å². The number of hydrogen-bond acceptors (Lipinski definition) is 2. The molecule has 1 rings (SSSR count). The van der Waals surface area contributed by atoms with Gasteiger partial charge in [0.05, 0.1) is 5.69 Å². The minimum Gasteiger partial charge on any atom is -0.386 e. The van der Waals surface area contributed by atoms with E-state index in [1.165, 1.54) is 0 Å². The molecule has 0 fully saturated rings. The summed E-state index contributed by atoms with van der Waals surface area (Å²) in [4.78, 5) is 4.09. The van der Waals surface area contributed by atoms with Gasteiger partial charge in [0.2, 0.25) is 0 Å². The van der Waals surface area contributed by atoms with Crippen LogP contribution in [0.15, 0.2) is 35.0 Å². The molecule has 0 aliphatic rings. The average molecular weight is 242 g/mol. The highest BCUT2D eigenvalue weighted by Gasteiger charge is 2.11. The first-order valence-corrected chi connectivity index (χ1v) is 4.83. The fourth-order valence-electron chi connectivity index (χ4n) is 1.07. The second-order valence-electron chi connectivity index (χ2n) is 3.05. The Labute approximate surface area is 86.4 Å². The largest absolute Gasteiger partial charge is 0.386 e. The van der Waals surface area contributed by atoms with Crippen LogP contribution in [-0.4, -0.2) is 10.1 Å². The number of nitrogens with zero attached hydrogens (tertiary/aromatic N) is 1. The van der Waals surface area contributed by atoms with Crippen molar-refractivity contribution in [1.82, 2.24) is 4.98 Å². The predicted molar refractivity (Wildman–Crippen MR) is 56.3 cm³/mol. The monoisotopic (exact) mass is 241 g/mol. The Balaban J connectivity index is 2.82. The van der Waals surface area contributed by atoms with Crippen LogP contribution in [0.25, 0.3) is 0 Å². The zero-order valence-corrected chi connectivity index (χ0v) is 9.08. The smallest absolute Gasteiger partial charge is 0.101 e. The van der Waals surface area contributed by atoms with Crippen LogP contribution in [0.5, 0.6) is 0 Å². The molecule has 0 saturated heterocycles. The minimum absolute atomic E-state index is 0.551. The first-order valence-electron chi connectivity index (χ1n) is 4.04. The number of aromatic nitrogens is 1. The van der Waals surface area contributed by atoms with Crippen LogP contribution < -0.4 is 0 Å². The molecule has 0 bridgehead atoms. The van der Waals surface area contributed by atoms with Gasteiger partial charge in [-0.25, -0.2) is 0 Å². The molecule has 1 N–H and O–H groups in total. The summed E-state index contributed by atoms with van der Waals surface area (Å²) in [6, 6.07) is 3.69. The van der Waals surface area contributed by atoms with Crippen LogP contribution in [0, 0.1) is 0 Å². The third kappa shape index (κ3) is 2.94. The van der Waals surface area contributed by atoms with Crippen molar-refractivity contribution in [3.63, 3.8) is 0 Å². The van der Waals surface area contributed by atoms with E-state index in [0.29, 0.717) is 12.1 Å². The summed E-state index contributed by atoms with van der Waals surface area (Å²) in [5.41, 5.74) is 1.62. The van der Waals surface area contributed by atoms with E-state index in [0.717, 1.165) is 10.0 Å². The van der Waals surface area contributed by atoms with Gasteiger partial charge in [-0.15, -0.1) is 6.58 Å². The van der Waals surface area contributed by atoms with Gasteiger partial charge in [-0.2, -0.15) is 0 Å². The van der Waals surface area contributed by atoms with E-state index in [-0.39, 0.29) is 0 Å². The first kappa shape index (κ1) is 10.4. The van der Waals surface area contributed by atoms with Gasteiger partial charge >= 0.3 is 0 Å². The molecule has 3 heteroatoms. The minimum atomic E-state index is -0.562. The lowest BCUT2D eigenvalue weighted by Crippen LogP contribution is -2.01. The molecule has 1 unspecified atom stereocenters. The Bertz CT molecular complexity index is 312. The number of rotatable bonds is 3. The molecule has 1 heterocycles. The summed E-state index contributed by atoms with van der Waals surface area (Å²) in [5.74, 6) is 0. The highest BCUT2D eigenvalue weighted by molar-refractivity contribution is 9.10. The molecular weight excluding hydrogens is 230 g/mol. The molecule has 0 saturated carbocycles. The van der Waals surface area contributed by atoms with Crippen LogP contribution in [0.2, 0.25) is 0 Å². The van der Waals surface area contributed by atoms with Crippen molar-refractivity contribution >= 4 is 15.9 Å². The SMILES string of the molecule is C=C(C)CC(O)c1ncccc1Br. The fourth-order valence-corrected chi connectivity index (χ4v) is 1.59. The van der Waals surface area contributed by atoms with Crippen molar-refractivity contribution in [1.29, 1.82) is 0 Å². The maximum Gasteiger partial charge on any atom is 0.101 e. The van der Waals surface area contributed by atoms with E-state index in [4.69, 9.17) is 0 Å². The summed E-state index contributed by atoms with van der Waals surface area (Å²) < 4.78 is 0.837. The van der Waals surface area contributed by atoms with Crippen LogP contribution in [-0.2, 0) is 0 Å². The van der Waals surface area contributed by atoms with E-state index < -0.39 is 6.10 Å². The molecule has 0 aromatic carbocycles. The van der Waals surface area contributed by atoms with Gasteiger partial charge in [0.25, 0.3) is 0 Å². The van der Waals surface area contributed by atoms with Gasteiger partial charge in [0, 0.05) is 10.7 Å². The third-order valence-corrected chi connectivity index (χ3v) is 2.31. The van der Waals surface area contributed by atoms with Crippen molar-refractivity contribution in [2.24, 2.45) is 0 Å². The molecule has 1 aromatic rings. The quantitative estimate of drug-likeness (QED) is 0.826. The van der Waals surface area contributed by atoms with Crippen molar-refractivity contribution in [2.75, 3.05) is 0 Å². The zero-order valence-electron chi connectivity index (χ0n) is 7.50. The van der Waals surface area contributed by atoms with E-state index in [1.54, 1.807) is 6.20 Å². The lowest BCUT2D eigenvalue weighted by molar-refractivity contribution is 0.173. The molecule has 1 aromatic heterocycles. The molecule has 0 radical (unpaired) electrons. The van der Waals surface area contributed by atoms with Crippen molar-refractivity contribution in [3.05, 3.63) is 40.6 Å². The lowest BCUT2D eigenvalue weighted by atomic mass is 10.1. The van der Waals surface area contributed by atoms with Gasteiger partial charge < -0.3 is 5.11 Å². The Morgan fingerprint density at radius 1 is 1.77 bits per heavy atom. The summed E-state index contributed by atoms with van der Waals surface area (Å²) in [6.07, 6.45) is 1.66. The second-order valence-corrected chi connectivity index (χ2v) is 3.90. The van der Waals surface area contributed by atoms with Gasteiger partial charge in [-0.1, -0.05) is 5.57 Å². The van der Waals surface area contributed by atoms with Gasteiger partial charge in [0.15, 0.2) is 0 Å². The second kappa shape index (κ2) is 4.53. The summed E-state index contributed by atoms with van der Waals surface area (Å²) in [6.45, 7) is 5.64. The molecule has 2 nitrogen and oxygen atoms in total. The zero-order chi connectivity index (χ0) is 9.84. The number of pyridine rings is 1. The standard InChI is InChI=1S/C10H12BrNO/c1-7(2)6-9(13)10-8(11)4-3-5-12-10/h3-5,9,13H,1,6H2,2H3. The molecule has 0 aliphatic heterocycles. The molecule has 13 heavy (non-hydrogen) atoms. The van der Waals surface area contributed by atoms with E-state index in [9.17, 15) is 5.11 Å². The molecule has 70 valence electrons. The highest BCUT2D eigenvalue weighted by atomic mass is 79.9. The maximum absolute atomic E-state index is 9.72. The summed E-state index contributed by atoms with van der Waals surface area (Å²) in [5, 5.41) is 9.72. The van der Waals surface area contributed by atoms with E-state index >= 15 is 0 Å². The number of hydrogen-bond donors (Lipinski definition) is 1. The number of aliphatic hydroxyl groups excluding tert-OH is 1. The van der Waals surface area contributed by atoms with Gasteiger partial charge in [0.1, 0.15) is 6.10 Å². The lowest BCUT2D eigenvalue weighted by Gasteiger charge is -2.10. The van der Waals surface area contributed by atoms with E-state index in [2.05, 4.69) is 27.5 Å². The predicted octanol–water partition coefficient (Wildman–Crippen LogP) is 2.84. The Morgan fingerprint density at radius 2 is 2.46 bits per heavy atom. The highest BCUT2D eigenvalue weighted by Crippen LogP contribution is 2.24. The number of halogens is 1. The molecule has 0 spiro atoms. The van der Waals surface area contributed by atoms with Gasteiger partial charge in [-0.3, -0.25) is 4.98 Å². The number of aliphatic hydroxyl groups is 1. The van der Waals surface area contributed by atoms with Gasteiger partial charge in [-0.05, 0) is 41.4 Å². The first-order chi connectivity index (χ1) is 6.11. The third-order valence-electron chi connectivity index (χ3n) is 1.64. The normalized spacial score (nSPS) is 12.5. The topological polar surface area (TPSA) is 33.1 Å². The van der Waals surface area contributed by atoms with Crippen LogP contribution in [0.1, 0.15) is 25.1 Å². The molecular formula is C10H12BrNO. The van der Waals surface area contributed by atoms with Crippen molar-refractivity contribution < 1.29 is 5.11 Å². The Kier molecular flexibility index (Phi) is 3.63. The fraction of sp³-hybridized carbons (Fsp3) is 0.300. The van der Waals surface area contributed by atoms with Crippen LogP contribution in [0.4, 0.5) is 0 Å². The van der Waals surface area contributed by atoms with Crippen LogP contribution >= 0.6 is 15.9 Å². The van der Waals surface area contributed by atoms with Crippen molar-refractivity contribution in [2.45, 2.75) is 19.4 Å².